The van der Waals surface area contributed by atoms with Crippen LogP contribution in [0.1, 0.15) is 47.5 Å². The lowest BCUT2D eigenvalue weighted by atomic mass is 9.94. The molecule has 0 fully saturated rings. The standard InChI is InChI=1S/C17H32BN3O4/c1-12(2)8-13(11-21-16(24)25-17(3,4)5)9-14(22)19-6-7-20-15(23)10-18/h12-13H,6-11H2,1-5H3,(H,19,22)(H,20,23)(H,21,24)/t13-/m0/s1. The van der Waals surface area contributed by atoms with Gasteiger partial charge in [-0.2, -0.15) is 0 Å². The van der Waals surface area contributed by atoms with Crippen LogP contribution in [0, 0.1) is 11.8 Å². The van der Waals surface area contributed by atoms with E-state index in [9.17, 15) is 14.4 Å². The maximum atomic E-state index is 12.0. The van der Waals surface area contributed by atoms with Gasteiger partial charge in [-0.05, 0) is 45.3 Å². The first-order valence-corrected chi connectivity index (χ1v) is 8.73. The number of hydrogen-bond donors (Lipinski definition) is 3. The zero-order chi connectivity index (χ0) is 19.5. The van der Waals surface area contributed by atoms with Gasteiger partial charge in [0.05, 0.1) is 7.85 Å². The van der Waals surface area contributed by atoms with Gasteiger partial charge in [-0.25, -0.2) is 4.79 Å². The van der Waals surface area contributed by atoms with E-state index in [0.717, 1.165) is 6.42 Å². The average molecular weight is 353 g/mol. The van der Waals surface area contributed by atoms with E-state index in [-0.39, 0.29) is 24.1 Å². The molecule has 0 unspecified atom stereocenters. The molecule has 0 rings (SSSR count). The third kappa shape index (κ3) is 14.3. The van der Waals surface area contributed by atoms with Gasteiger partial charge < -0.3 is 20.7 Å². The SMILES string of the molecule is [B]CC(=O)NCCNC(=O)C[C@@H](CNC(=O)OC(C)(C)C)CC(C)C. The van der Waals surface area contributed by atoms with Crippen LogP contribution in [-0.4, -0.2) is 51.0 Å². The maximum absolute atomic E-state index is 12.0. The molecule has 2 radical (unpaired) electrons. The fourth-order valence-corrected chi connectivity index (χ4v) is 2.26. The number of alkyl carbamates (subject to hydrolysis) is 1. The molecule has 0 aromatic rings. The van der Waals surface area contributed by atoms with Crippen LogP contribution in [0.15, 0.2) is 0 Å². The maximum Gasteiger partial charge on any atom is 0.407 e. The summed E-state index contributed by atoms with van der Waals surface area (Å²) in [5.74, 6) is 0.0559. The second-order valence-electron chi connectivity index (χ2n) is 7.49. The van der Waals surface area contributed by atoms with E-state index in [2.05, 4.69) is 29.8 Å². The molecule has 0 bridgehead atoms. The van der Waals surface area contributed by atoms with Crippen LogP contribution in [0.5, 0.6) is 0 Å². The first-order valence-electron chi connectivity index (χ1n) is 8.73. The third-order valence-electron chi connectivity index (χ3n) is 3.17. The smallest absolute Gasteiger partial charge is 0.407 e. The Hall–Kier alpha value is -1.73. The first kappa shape index (κ1) is 23.3. The van der Waals surface area contributed by atoms with E-state index in [1.54, 1.807) is 20.8 Å². The van der Waals surface area contributed by atoms with Gasteiger partial charge in [0.2, 0.25) is 11.8 Å². The second-order valence-corrected chi connectivity index (χ2v) is 7.49. The normalized spacial score (nSPS) is 12.4. The van der Waals surface area contributed by atoms with Gasteiger partial charge in [-0.3, -0.25) is 9.59 Å². The summed E-state index contributed by atoms with van der Waals surface area (Å²) in [5.41, 5.74) is -0.553. The number of amides is 3. The van der Waals surface area contributed by atoms with Crippen molar-refractivity contribution < 1.29 is 19.1 Å². The van der Waals surface area contributed by atoms with Crippen molar-refractivity contribution in [1.29, 1.82) is 0 Å². The molecule has 8 heteroatoms. The van der Waals surface area contributed by atoms with Gasteiger partial charge >= 0.3 is 6.09 Å². The molecule has 0 saturated heterocycles. The summed E-state index contributed by atoms with van der Waals surface area (Å²) < 4.78 is 5.21. The van der Waals surface area contributed by atoms with Crippen LogP contribution in [0.2, 0.25) is 6.32 Å². The number of nitrogens with one attached hydrogen (secondary N) is 3. The molecule has 0 aliphatic heterocycles. The minimum absolute atomic E-state index is 0.0196. The number of carbonyl (C=O) groups is 3. The fraction of sp³-hybridized carbons (Fsp3) is 0.824. The van der Waals surface area contributed by atoms with Crippen LogP contribution >= 0.6 is 0 Å². The van der Waals surface area contributed by atoms with Crippen LogP contribution in [0.25, 0.3) is 0 Å². The second kappa shape index (κ2) is 11.8. The van der Waals surface area contributed by atoms with Crippen molar-refractivity contribution >= 4 is 25.8 Å². The molecule has 0 aliphatic rings. The van der Waals surface area contributed by atoms with Gasteiger partial charge in [0, 0.05) is 26.1 Å². The highest BCUT2D eigenvalue weighted by Gasteiger charge is 2.19. The van der Waals surface area contributed by atoms with E-state index < -0.39 is 11.7 Å². The molecule has 0 spiro atoms. The Balaban J connectivity index is 4.26. The van der Waals surface area contributed by atoms with Gasteiger partial charge in [0.1, 0.15) is 5.60 Å². The lowest BCUT2D eigenvalue weighted by Crippen LogP contribution is -2.38. The van der Waals surface area contributed by atoms with E-state index >= 15 is 0 Å². The number of rotatable bonds is 10. The molecule has 3 N–H and O–H groups in total. The summed E-state index contributed by atoms with van der Waals surface area (Å²) in [6.45, 7) is 10.6. The Morgan fingerprint density at radius 2 is 1.56 bits per heavy atom. The summed E-state index contributed by atoms with van der Waals surface area (Å²) in [6.07, 6.45) is 0.568. The highest BCUT2D eigenvalue weighted by Crippen LogP contribution is 2.15. The molecule has 0 aromatic heterocycles. The Bertz CT molecular complexity index is 436. The van der Waals surface area contributed by atoms with Crippen molar-refractivity contribution in [1.82, 2.24) is 16.0 Å². The van der Waals surface area contributed by atoms with E-state index in [1.807, 2.05) is 0 Å². The molecular weight excluding hydrogens is 321 g/mol. The monoisotopic (exact) mass is 353 g/mol. The van der Waals surface area contributed by atoms with Crippen molar-refractivity contribution in [3.8, 4) is 0 Å². The number of carbonyl (C=O) groups excluding carboxylic acids is 3. The van der Waals surface area contributed by atoms with Crippen molar-refractivity contribution in [3.63, 3.8) is 0 Å². The van der Waals surface area contributed by atoms with Gasteiger partial charge in [-0.1, -0.05) is 13.8 Å². The molecule has 142 valence electrons. The summed E-state index contributed by atoms with van der Waals surface area (Å²) in [6, 6.07) is 0. The van der Waals surface area contributed by atoms with E-state index in [0.29, 0.717) is 32.0 Å². The molecular formula is C17H32BN3O4. The molecule has 0 heterocycles. The summed E-state index contributed by atoms with van der Waals surface area (Å²) in [7, 11) is 5.18. The summed E-state index contributed by atoms with van der Waals surface area (Å²) >= 11 is 0. The predicted octanol–water partition coefficient (Wildman–Crippen LogP) is 1.38. The Morgan fingerprint density at radius 3 is 2.04 bits per heavy atom. The zero-order valence-corrected chi connectivity index (χ0v) is 16.1. The zero-order valence-electron chi connectivity index (χ0n) is 16.1. The fourth-order valence-electron chi connectivity index (χ4n) is 2.26. The lowest BCUT2D eigenvalue weighted by molar-refractivity contribution is -0.122. The summed E-state index contributed by atoms with van der Waals surface area (Å²) in [5, 5.41) is 8.06. The predicted molar refractivity (Wildman–Crippen MR) is 98.4 cm³/mol. The average Bonchev–Trinajstić information content (AvgIpc) is 2.46. The van der Waals surface area contributed by atoms with Crippen LogP contribution < -0.4 is 16.0 Å². The molecule has 0 aliphatic carbocycles. The van der Waals surface area contributed by atoms with E-state index in [4.69, 9.17) is 12.6 Å². The minimum Gasteiger partial charge on any atom is -0.444 e. The van der Waals surface area contributed by atoms with Crippen LogP contribution in [-0.2, 0) is 14.3 Å². The third-order valence-corrected chi connectivity index (χ3v) is 3.17. The minimum atomic E-state index is -0.553. The van der Waals surface area contributed by atoms with Gasteiger partial charge in [0.25, 0.3) is 0 Å². The molecule has 0 aromatic carbocycles. The van der Waals surface area contributed by atoms with Crippen molar-refractivity contribution in [3.05, 3.63) is 0 Å². The highest BCUT2D eigenvalue weighted by atomic mass is 16.6. The van der Waals surface area contributed by atoms with Gasteiger partial charge in [0.15, 0.2) is 0 Å². The van der Waals surface area contributed by atoms with E-state index in [1.165, 1.54) is 0 Å². The first-order chi connectivity index (χ1) is 11.5. The Morgan fingerprint density at radius 1 is 1.00 bits per heavy atom. The van der Waals surface area contributed by atoms with Crippen molar-refractivity contribution in [2.75, 3.05) is 19.6 Å². The topological polar surface area (TPSA) is 96.5 Å². The summed E-state index contributed by atoms with van der Waals surface area (Å²) in [4.78, 5) is 34.8. The quantitative estimate of drug-likeness (QED) is 0.408. The van der Waals surface area contributed by atoms with Crippen molar-refractivity contribution in [2.45, 2.75) is 59.4 Å². The van der Waals surface area contributed by atoms with Crippen LogP contribution in [0.3, 0.4) is 0 Å². The van der Waals surface area contributed by atoms with Crippen LogP contribution in [0.4, 0.5) is 4.79 Å². The molecule has 25 heavy (non-hydrogen) atoms. The number of ether oxygens (including phenoxy) is 1. The molecule has 1 atom stereocenters. The van der Waals surface area contributed by atoms with Gasteiger partial charge in [-0.15, -0.1) is 0 Å². The molecule has 3 amide bonds. The molecule has 7 nitrogen and oxygen atoms in total. The Kier molecular flexibility index (Phi) is 11.0. The number of hydrogen-bond acceptors (Lipinski definition) is 4. The lowest BCUT2D eigenvalue weighted by Gasteiger charge is -2.22. The van der Waals surface area contributed by atoms with Crippen molar-refractivity contribution in [2.24, 2.45) is 11.8 Å². The largest absolute Gasteiger partial charge is 0.444 e. The Labute approximate surface area is 152 Å². The highest BCUT2D eigenvalue weighted by molar-refractivity contribution is 6.19. The molecule has 0 saturated carbocycles.